The summed E-state index contributed by atoms with van der Waals surface area (Å²) < 4.78 is 1.83. The Labute approximate surface area is 135 Å². The van der Waals surface area contributed by atoms with E-state index in [-0.39, 0.29) is 16.2 Å². The van der Waals surface area contributed by atoms with Crippen LogP contribution >= 0.6 is 0 Å². The number of hydrogen-bond donors (Lipinski definition) is 0. The molecule has 1 aromatic carbocycles. The zero-order chi connectivity index (χ0) is 15.6. The van der Waals surface area contributed by atoms with Crippen LogP contribution in [0.15, 0.2) is 29.2 Å². The normalized spacial score (nSPS) is 32.4. The van der Waals surface area contributed by atoms with E-state index in [0.29, 0.717) is 12.5 Å². The molecule has 1 aromatic heterocycles. The maximum absolute atomic E-state index is 13.1. The second-order valence-corrected chi connectivity index (χ2v) is 7.65. The summed E-state index contributed by atoms with van der Waals surface area (Å²) in [6.45, 7) is 2.05. The highest BCUT2D eigenvalue weighted by Crippen LogP contribution is 2.40. The zero-order valence-electron chi connectivity index (χ0n) is 13.3. The Morgan fingerprint density at radius 2 is 1.91 bits per heavy atom. The summed E-state index contributed by atoms with van der Waals surface area (Å²) in [6.07, 6.45) is 7.29. The number of aryl methyl sites for hydroxylation is 2. The molecule has 0 amide bonds. The van der Waals surface area contributed by atoms with E-state index in [9.17, 15) is 10.0 Å². The number of nitrogens with zero attached hydrogens (tertiary/aromatic N) is 2. The van der Waals surface area contributed by atoms with E-state index in [4.69, 9.17) is 0 Å². The number of hydrogen-bond acceptors (Lipinski definition) is 2. The van der Waals surface area contributed by atoms with Crippen LogP contribution in [0.1, 0.15) is 36.4 Å². The van der Waals surface area contributed by atoms with Crippen LogP contribution in [0.2, 0.25) is 0 Å². The SMILES string of the molecule is O=c1c2cccc3c2c(cn1[C@@H]1C[N+]2([O-])CCC1CC2)CCC3. The van der Waals surface area contributed by atoms with E-state index in [1.165, 1.54) is 16.5 Å². The van der Waals surface area contributed by atoms with Gasteiger partial charge in [-0.25, -0.2) is 0 Å². The van der Waals surface area contributed by atoms with E-state index in [2.05, 4.69) is 12.3 Å². The van der Waals surface area contributed by atoms with Gasteiger partial charge >= 0.3 is 0 Å². The molecule has 3 fully saturated rings. The van der Waals surface area contributed by atoms with Gasteiger partial charge in [-0.1, -0.05) is 12.1 Å². The van der Waals surface area contributed by atoms with Crippen molar-refractivity contribution in [2.24, 2.45) is 5.92 Å². The monoisotopic (exact) mass is 310 g/mol. The maximum Gasteiger partial charge on any atom is 0.258 e. The Balaban J connectivity index is 1.72. The summed E-state index contributed by atoms with van der Waals surface area (Å²) in [5, 5.41) is 14.8. The van der Waals surface area contributed by atoms with Crippen LogP contribution in [-0.4, -0.2) is 28.8 Å². The van der Waals surface area contributed by atoms with E-state index in [0.717, 1.165) is 50.6 Å². The third kappa shape index (κ3) is 1.95. The minimum absolute atomic E-state index is 0.0914. The molecule has 3 saturated heterocycles. The predicted molar refractivity (Wildman–Crippen MR) is 90.2 cm³/mol. The van der Waals surface area contributed by atoms with Crippen molar-refractivity contribution in [2.45, 2.75) is 38.1 Å². The minimum Gasteiger partial charge on any atom is -0.633 e. The van der Waals surface area contributed by atoms with Gasteiger partial charge in [-0.2, -0.15) is 0 Å². The topological polar surface area (TPSA) is 45.1 Å². The van der Waals surface area contributed by atoms with Crippen LogP contribution in [0.25, 0.3) is 10.8 Å². The Kier molecular flexibility index (Phi) is 2.80. The van der Waals surface area contributed by atoms with Crippen molar-refractivity contribution in [1.29, 1.82) is 0 Å². The standard InChI is InChI=1S/C19H22N2O2/c22-19-16-6-2-4-14-3-1-5-15(18(14)16)11-20(19)17-12-21(23)9-7-13(17)8-10-21/h2,4,6,11,13,17H,1,3,5,7-10,12H2/t13?,17-,21?/m1/s1. The molecule has 0 N–H and O–H groups in total. The molecule has 2 aromatic rings. The number of benzene rings is 1. The molecule has 4 heteroatoms. The summed E-state index contributed by atoms with van der Waals surface area (Å²) in [5.74, 6) is 0.498. The van der Waals surface area contributed by atoms with Crippen molar-refractivity contribution < 1.29 is 4.65 Å². The molecule has 0 radical (unpaired) electrons. The molecule has 1 atom stereocenters. The molecule has 0 unspecified atom stereocenters. The smallest absolute Gasteiger partial charge is 0.258 e. The van der Waals surface area contributed by atoms with Gasteiger partial charge in [0.2, 0.25) is 0 Å². The average Bonchev–Trinajstić information content (AvgIpc) is 2.58. The molecule has 4 aliphatic rings. The number of hydroxylamine groups is 3. The molecule has 4 heterocycles. The first-order chi connectivity index (χ1) is 11.1. The van der Waals surface area contributed by atoms with E-state index < -0.39 is 0 Å². The van der Waals surface area contributed by atoms with Gasteiger partial charge in [-0.3, -0.25) is 4.79 Å². The second-order valence-electron chi connectivity index (χ2n) is 7.65. The van der Waals surface area contributed by atoms with E-state index >= 15 is 0 Å². The molecular weight excluding hydrogens is 288 g/mol. The molecule has 6 rings (SSSR count). The lowest BCUT2D eigenvalue weighted by atomic mass is 9.82. The van der Waals surface area contributed by atoms with Gasteiger partial charge in [0.25, 0.3) is 5.56 Å². The Bertz CT molecular complexity index is 846. The number of pyridine rings is 1. The predicted octanol–water partition coefficient (Wildman–Crippen LogP) is 2.77. The fourth-order valence-corrected chi connectivity index (χ4v) is 5.13. The molecule has 0 saturated carbocycles. The van der Waals surface area contributed by atoms with Crippen LogP contribution < -0.4 is 5.56 Å². The van der Waals surface area contributed by atoms with Gasteiger partial charge in [0.05, 0.1) is 25.7 Å². The van der Waals surface area contributed by atoms with Gasteiger partial charge in [0.15, 0.2) is 0 Å². The third-order valence-electron chi connectivity index (χ3n) is 6.36. The Morgan fingerprint density at radius 1 is 1.13 bits per heavy atom. The first-order valence-corrected chi connectivity index (χ1v) is 8.87. The Morgan fingerprint density at radius 3 is 2.70 bits per heavy atom. The number of rotatable bonds is 1. The summed E-state index contributed by atoms with van der Waals surface area (Å²) in [5.41, 5.74) is 2.72. The zero-order valence-corrected chi connectivity index (χ0v) is 13.3. The number of aromatic nitrogens is 1. The molecule has 3 aliphatic heterocycles. The molecule has 120 valence electrons. The van der Waals surface area contributed by atoms with Crippen LogP contribution in [-0.2, 0) is 12.8 Å². The average molecular weight is 310 g/mol. The highest BCUT2D eigenvalue weighted by molar-refractivity contribution is 5.88. The first-order valence-electron chi connectivity index (χ1n) is 8.87. The van der Waals surface area contributed by atoms with Crippen molar-refractivity contribution in [3.8, 4) is 0 Å². The molecule has 2 bridgehead atoms. The van der Waals surface area contributed by atoms with Gasteiger partial charge in [0.1, 0.15) is 0 Å². The van der Waals surface area contributed by atoms with Crippen molar-refractivity contribution >= 4 is 10.8 Å². The fraction of sp³-hybridized carbons (Fsp3) is 0.526. The number of quaternary nitrogens is 1. The van der Waals surface area contributed by atoms with Crippen molar-refractivity contribution in [3.63, 3.8) is 0 Å². The fourth-order valence-electron chi connectivity index (χ4n) is 5.13. The molecule has 23 heavy (non-hydrogen) atoms. The largest absolute Gasteiger partial charge is 0.633 e. The molecular formula is C19H22N2O2. The summed E-state index contributed by atoms with van der Waals surface area (Å²) in [4.78, 5) is 13.1. The van der Waals surface area contributed by atoms with E-state index in [1.807, 2.05) is 16.7 Å². The summed E-state index contributed by atoms with van der Waals surface area (Å²) >= 11 is 0. The number of fused-ring (bicyclic) bond motifs is 3. The summed E-state index contributed by atoms with van der Waals surface area (Å²) in [7, 11) is 0. The first kappa shape index (κ1) is 13.8. The second kappa shape index (κ2) is 4.68. The maximum atomic E-state index is 13.1. The quantitative estimate of drug-likeness (QED) is 0.600. The Hall–Kier alpha value is -1.65. The summed E-state index contributed by atoms with van der Waals surface area (Å²) in [6, 6.07) is 6.22. The lowest BCUT2D eigenvalue weighted by molar-refractivity contribution is -0.900. The molecule has 0 spiro atoms. The van der Waals surface area contributed by atoms with Crippen LogP contribution in [0.3, 0.4) is 0 Å². The van der Waals surface area contributed by atoms with Crippen LogP contribution in [0.5, 0.6) is 0 Å². The number of piperidine rings is 3. The van der Waals surface area contributed by atoms with Crippen LogP contribution in [0.4, 0.5) is 0 Å². The third-order valence-corrected chi connectivity index (χ3v) is 6.36. The van der Waals surface area contributed by atoms with E-state index in [1.54, 1.807) is 0 Å². The highest BCUT2D eigenvalue weighted by atomic mass is 16.5. The van der Waals surface area contributed by atoms with Gasteiger partial charge < -0.3 is 14.4 Å². The lowest BCUT2D eigenvalue weighted by Gasteiger charge is -2.55. The molecule has 1 aliphatic carbocycles. The van der Waals surface area contributed by atoms with Crippen molar-refractivity contribution in [1.82, 2.24) is 4.57 Å². The van der Waals surface area contributed by atoms with Crippen molar-refractivity contribution in [3.05, 3.63) is 51.1 Å². The van der Waals surface area contributed by atoms with Crippen molar-refractivity contribution in [2.75, 3.05) is 19.6 Å². The lowest BCUT2D eigenvalue weighted by Crippen LogP contribution is -2.59. The molecule has 4 nitrogen and oxygen atoms in total. The highest BCUT2D eigenvalue weighted by Gasteiger charge is 2.42. The minimum atomic E-state index is -0.0962. The van der Waals surface area contributed by atoms with Gasteiger partial charge in [0, 0.05) is 24.4 Å². The van der Waals surface area contributed by atoms with Gasteiger partial charge in [-0.15, -0.1) is 0 Å². The van der Waals surface area contributed by atoms with Crippen LogP contribution in [0, 0.1) is 11.1 Å². The van der Waals surface area contributed by atoms with Gasteiger partial charge in [-0.05, 0) is 47.8 Å².